The van der Waals surface area contributed by atoms with Gasteiger partial charge >= 0.3 is 0 Å². The molecule has 0 bridgehead atoms. The molecule has 3 heterocycles. The van der Waals surface area contributed by atoms with Gasteiger partial charge < -0.3 is 10.2 Å². The van der Waals surface area contributed by atoms with Crippen LogP contribution in [-0.2, 0) is 13.0 Å². The SMILES string of the molecule is CCc1cc(NC(C)Cn2cncn2)nc(N2CCCC2)n1. The van der Waals surface area contributed by atoms with Crippen LogP contribution in [0.3, 0.4) is 0 Å². The predicted octanol–water partition coefficient (Wildman–Crippen LogP) is 1.73. The Bertz CT molecular complexity index is 590. The van der Waals surface area contributed by atoms with Crippen LogP contribution < -0.4 is 10.2 Å². The number of nitrogens with zero attached hydrogens (tertiary/aromatic N) is 6. The van der Waals surface area contributed by atoms with E-state index in [-0.39, 0.29) is 6.04 Å². The summed E-state index contributed by atoms with van der Waals surface area (Å²) in [6.45, 7) is 7.11. The summed E-state index contributed by atoms with van der Waals surface area (Å²) >= 11 is 0. The molecule has 1 aliphatic heterocycles. The molecule has 7 nitrogen and oxygen atoms in total. The summed E-state index contributed by atoms with van der Waals surface area (Å²) in [5, 5.41) is 7.59. The Hall–Kier alpha value is -2.18. The second-order valence-electron chi connectivity index (χ2n) is 5.76. The summed E-state index contributed by atoms with van der Waals surface area (Å²) in [6, 6.07) is 2.25. The van der Waals surface area contributed by atoms with Crippen molar-refractivity contribution in [3.63, 3.8) is 0 Å². The summed E-state index contributed by atoms with van der Waals surface area (Å²) < 4.78 is 1.82. The van der Waals surface area contributed by atoms with Crippen LogP contribution in [0.25, 0.3) is 0 Å². The van der Waals surface area contributed by atoms with Gasteiger partial charge in [0.25, 0.3) is 0 Å². The Morgan fingerprint density at radius 1 is 1.27 bits per heavy atom. The van der Waals surface area contributed by atoms with Crippen molar-refractivity contribution in [2.75, 3.05) is 23.3 Å². The quantitative estimate of drug-likeness (QED) is 0.876. The van der Waals surface area contributed by atoms with E-state index in [1.807, 2.05) is 10.7 Å². The van der Waals surface area contributed by atoms with Gasteiger partial charge in [-0.2, -0.15) is 10.1 Å². The smallest absolute Gasteiger partial charge is 0.227 e. The van der Waals surface area contributed by atoms with Gasteiger partial charge in [0.05, 0.1) is 6.54 Å². The van der Waals surface area contributed by atoms with Crippen LogP contribution >= 0.6 is 0 Å². The van der Waals surface area contributed by atoms with Crippen LogP contribution in [0.15, 0.2) is 18.7 Å². The molecule has 0 saturated carbocycles. The third-order valence-electron chi connectivity index (χ3n) is 3.84. The van der Waals surface area contributed by atoms with E-state index in [1.165, 1.54) is 12.8 Å². The number of hydrogen-bond donors (Lipinski definition) is 1. The van der Waals surface area contributed by atoms with E-state index in [0.717, 1.165) is 43.5 Å². The number of hydrogen-bond acceptors (Lipinski definition) is 6. The van der Waals surface area contributed by atoms with E-state index in [9.17, 15) is 0 Å². The molecule has 0 aliphatic carbocycles. The lowest BCUT2D eigenvalue weighted by atomic mass is 10.3. The molecule has 7 heteroatoms. The molecule has 2 aromatic heterocycles. The van der Waals surface area contributed by atoms with Crippen molar-refractivity contribution < 1.29 is 0 Å². The van der Waals surface area contributed by atoms with Gasteiger partial charge in [0, 0.05) is 30.9 Å². The Balaban J connectivity index is 1.72. The lowest BCUT2D eigenvalue weighted by molar-refractivity contribution is 0.558. The molecule has 0 spiro atoms. The van der Waals surface area contributed by atoms with Crippen LogP contribution in [0.5, 0.6) is 0 Å². The molecule has 1 fully saturated rings. The van der Waals surface area contributed by atoms with E-state index in [1.54, 1.807) is 12.7 Å². The molecule has 1 atom stereocenters. The average molecular weight is 301 g/mol. The van der Waals surface area contributed by atoms with Crippen LogP contribution in [-0.4, -0.2) is 43.9 Å². The molecule has 118 valence electrons. The normalized spacial score (nSPS) is 16.0. The first kappa shape index (κ1) is 14.7. The number of anilines is 2. The zero-order valence-corrected chi connectivity index (χ0v) is 13.2. The highest BCUT2D eigenvalue weighted by molar-refractivity contribution is 5.44. The fourth-order valence-electron chi connectivity index (χ4n) is 2.70. The van der Waals surface area contributed by atoms with Gasteiger partial charge in [0.2, 0.25) is 5.95 Å². The fourth-order valence-corrected chi connectivity index (χ4v) is 2.70. The standard InChI is InChI=1S/C15H23N7/c1-3-13-8-14(18-12(2)9-22-11-16-10-17-22)20-15(19-13)21-6-4-5-7-21/h8,10-12H,3-7,9H2,1-2H3,(H,18,19,20). The van der Waals surface area contributed by atoms with Gasteiger partial charge in [-0.3, -0.25) is 4.68 Å². The van der Waals surface area contributed by atoms with Gasteiger partial charge in [0.1, 0.15) is 18.5 Å². The molecule has 1 N–H and O–H groups in total. The molecule has 22 heavy (non-hydrogen) atoms. The van der Waals surface area contributed by atoms with Crippen molar-refractivity contribution >= 4 is 11.8 Å². The molecule has 0 aromatic carbocycles. The number of rotatable bonds is 6. The van der Waals surface area contributed by atoms with Crippen LogP contribution in [0.2, 0.25) is 0 Å². The highest BCUT2D eigenvalue weighted by Gasteiger charge is 2.17. The Morgan fingerprint density at radius 3 is 2.77 bits per heavy atom. The molecular formula is C15H23N7. The van der Waals surface area contributed by atoms with Crippen LogP contribution in [0.1, 0.15) is 32.4 Å². The summed E-state index contributed by atoms with van der Waals surface area (Å²) in [5.41, 5.74) is 1.08. The molecule has 2 aromatic rings. The number of aromatic nitrogens is 5. The first-order valence-corrected chi connectivity index (χ1v) is 7.96. The monoisotopic (exact) mass is 301 g/mol. The molecule has 1 aliphatic rings. The minimum atomic E-state index is 0.215. The maximum absolute atomic E-state index is 4.69. The molecule has 3 rings (SSSR count). The molecule has 0 amide bonds. The number of nitrogens with one attached hydrogen (secondary N) is 1. The van der Waals surface area contributed by atoms with Crippen LogP contribution in [0, 0.1) is 0 Å². The van der Waals surface area contributed by atoms with Gasteiger partial charge in [-0.15, -0.1) is 0 Å². The highest BCUT2D eigenvalue weighted by Crippen LogP contribution is 2.19. The summed E-state index contributed by atoms with van der Waals surface area (Å²) in [4.78, 5) is 15.6. The van der Waals surface area contributed by atoms with Gasteiger partial charge in [-0.05, 0) is 26.2 Å². The summed E-state index contributed by atoms with van der Waals surface area (Å²) in [5.74, 6) is 1.74. The lowest BCUT2D eigenvalue weighted by Crippen LogP contribution is -2.25. The third kappa shape index (κ3) is 3.52. The first-order chi connectivity index (χ1) is 10.7. The van der Waals surface area contributed by atoms with E-state index < -0.39 is 0 Å². The van der Waals surface area contributed by atoms with Gasteiger partial charge in [0.15, 0.2) is 0 Å². The Kier molecular flexibility index (Phi) is 4.50. The van der Waals surface area contributed by atoms with Crippen molar-refractivity contribution in [3.8, 4) is 0 Å². The lowest BCUT2D eigenvalue weighted by Gasteiger charge is -2.19. The van der Waals surface area contributed by atoms with Gasteiger partial charge in [-0.25, -0.2) is 9.97 Å². The maximum Gasteiger partial charge on any atom is 0.227 e. The summed E-state index contributed by atoms with van der Waals surface area (Å²) in [6.07, 6.45) is 6.65. The van der Waals surface area contributed by atoms with Crippen molar-refractivity contribution in [2.24, 2.45) is 0 Å². The number of aryl methyl sites for hydroxylation is 1. The zero-order valence-electron chi connectivity index (χ0n) is 13.2. The van der Waals surface area contributed by atoms with E-state index in [2.05, 4.69) is 39.1 Å². The van der Waals surface area contributed by atoms with Gasteiger partial charge in [-0.1, -0.05) is 6.92 Å². The fraction of sp³-hybridized carbons (Fsp3) is 0.600. The van der Waals surface area contributed by atoms with Crippen molar-refractivity contribution in [3.05, 3.63) is 24.4 Å². The average Bonchev–Trinajstić information content (AvgIpc) is 3.19. The maximum atomic E-state index is 4.69. The molecule has 1 unspecified atom stereocenters. The second kappa shape index (κ2) is 6.72. The minimum absolute atomic E-state index is 0.215. The topological polar surface area (TPSA) is 71.8 Å². The van der Waals surface area contributed by atoms with Crippen LogP contribution in [0.4, 0.5) is 11.8 Å². The predicted molar refractivity (Wildman–Crippen MR) is 86.0 cm³/mol. The van der Waals surface area contributed by atoms with Crippen molar-refractivity contribution in [2.45, 2.75) is 45.7 Å². The third-order valence-corrected chi connectivity index (χ3v) is 3.84. The van der Waals surface area contributed by atoms with Crippen molar-refractivity contribution in [1.29, 1.82) is 0 Å². The Labute approximate surface area is 130 Å². The summed E-state index contributed by atoms with van der Waals surface area (Å²) in [7, 11) is 0. The zero-order chi connectivity index (χ0) is 15.4. The van der Waals surface area contributed by atoms with E-state index >= 15 is 0 Å². The Morgan fingerprint density at radius 2 is 2.09 bits per heavy atom. The second-order valence-corrected chi connectivity index (χ2v) is 5.76. The first-order valence-electron chi connectivity index (χ1n) is 7.96. The molecule has 1 saturated heterocycles. The van der Waals surface area contributed by atoms with Crippen molar-refractivity contribution in [1.82, 2.24) is 24.7 Å². The van der Waals surface area contributed by atoms with E-state index in [4.69, 9.17) is 4.98 Å². The minimum Gasteiger partial charge on any atom is -0.366 e. The highest BCUT2D eigenvalue weighted by atomic mass is 15.3. The largest absolute Gasteiger partial charge is 0.366 e. The van der Waals surface area contributed by atoms with E-state index in [0.29, 0.717) is 0 Å². The molecule has 0 radical (unpaired) electrons. The molecular weight excluding hydrogens is 278 g/mol.